The Morgan fingerprint density at radius 1 is 0.900 bits per heavy atom. The van der Waals surface area contributed by atoms with Gasteiger partial charge in [0.2, 0.25) is 0 Å². The minimum absolute atomic E-state index is 0.258. The summed E-state index contributed by atoms with van der Waals surface area (Å²) in [5.74, 6) is 0. The van der Waals surface area contributed by atoms with Gasteiger partial charge < -0.3 is 0 Å². The van der Waals surface area contributed by atoms with Gasteiger partial charge in [-0.25, -0.2) is 8.42 Å². The van der Waals surface area contributed by atoms with E-state index < -0.39 is 25.3 Å². The van der Waals surface area contributed by atoms with Crippen molar-refractivity contribution < 1.29 is 8.42 Å². The van der Waals surface area contributed by atoms with Crippen molar-refractivity contribution >= 4 is 33.0 Å². The molecule has 1 aliphatic rings. The summed E-state index contributed by atoms with van der Waals surface area (Å²) in [5.41, 5.74) is 0.742. The molecule has 0 spiro atoms. The number of alkyl halides is 2. The average Bonchev–Trinajstić information content (AvgIpc) is 3.05. The largest absolute Gasteiger partial charge is 0.223 e. The number of sulfone groups is 1. The number of rotatable bonds is 3. The summed E-state index contributed by atoms with van der Waals surface area (Å²) in [4.78, 5) is -0.786. The lowest BCUT2D eigenvalue weighted by Crippen LogP contribution is -2.15. The third kappa shape index (κ3) is 1.96. The summed E-state index contributed by atoms with van der Waals surface area (Å²) in [5, 5.41) is -1.43. The van der Waals surface area contributed by atoms with Crippen LogP contribution in [-0.2, 0) is 14.7 Å². The highest BCUT2D eigenvalue weighted by atomic mass is 35.5. The maximum atomic E-state index is 12.6. The van der Waals surface area contributed by atoms with Gasteiger partial charge in [-0.3, -0.25) is 0 Å². The molecule has 2 nitrogen and oxygen atoms in total. The SMILES string of the molecule is O=S(=O)(c1ccccc1)C1C(Cl)C1(Cl)c1ccccc1. The Bertz CT molecular complexity index is 716. The summed E-state index contributed by atoms with van der Waals surface area (Å²) >= 11 is 12.7. The second-order valence-corrected chi connectivity index (χ2v) is 7.98. The van der Waals surface area contributed by atoms with E-state index in [1.807, 2.05) is 30.3 Å². The third-order valence-corrected chi connectivity index (χ3v) is 7.51. The van der Waals surface area contributed by atoms with Crippen molar-refractivity contribution in [2.24, 2.45) is 0 Å². The van der Waals surface area contributed by atoms with Gasteiger partial charge in [0.25, 0.3) is 0 Å². The Labute approximate surface area is 128 Å². The van der Waals surface area contributed by atoms with Crippen LogP contribution in [-0.4, -0.2) is 19.0 Å². The van der Waals surface area contributed by atoms with E-state index in [4.69, 9.17) is 23.2 Å². The molecule has 0 bridgehead atoms. The van der Waals surface area contributed by atoms with Gasteiger partial charge in [-0.15, -0.1) is 23.2 Å². The Morgan fingerprint density at radius 3 is 1.95 bits per heavy atom. The number of hydrogen-bond acceptors (Lipinski definition) is 2. The van der Waals surface area contributed by atoms with Gasteiger partial charge in [-0.2, -0.15) is 0 Å². The fourth-order valence-corrected chi connectivity index (χ4v) is 6.14. The van der Waals surface area contributed by atoms with Crippen molar-refractivity contribution in [3.05, 3.63) is 66.2 Å². The molecule has 0 aromatic heterocycles. The van der Waals surface area contributed by atoms with Crippen LogP contribution in [0.2, 0.25) is 0 Å². The normalized spacial score (nSPS) is 29.1. The number of benzene rings is 2. The summed E-state index contributed by atoms with van der Waals surface area (Å²) < 4.78 is 25.2. The van der Waals surface area contributed by atoms with Crippen LogP contribution in [0.25, 0.3) is 0 Å². The molecule has 0 saturated heterocycles. The van der Waals surface area contributed by atoms with Crippen LogP contribution in [0.3, 0.4) is 0 Å². The zero-order valence-electron chi connectivity index (χ0n) is 10.4. The summed E-state index contributed by atoms with van der Waals surface area (Å²) in [6, 6.07) is 17.4. The van der Waals surface area contributed by atoms with E-state index in [1.54, 1.807) is 30.3 Å². The first-order valence-electron chi connectivity index (χ1n) is 6.16. The van der Waals surface area contributed by atoms with Crippen molar-refractivity contribution in [2.75, 3.05) is 0 Å². The van der Waals surface area contributed by atoms with Crippen molar-refractivity contribution in [3.8, 4) is 0 Å². The van der Waals surface area contributed by atoms with E-state index in [1.165, 1.54) is 0 Å². The van der Waals surface area contributed by atoms with Crippen LogP contribution in [0.15, 0.2) is 65.6 Å². The fourth-order valence-electron chi connectivity index (χ4n) is 2.45. The first-order chi connectivity index (χ1) is 9.49. The van der Waals surface area contributed by atoms with Crippen molar-refractivity contribution in [1.82, 2.24) is 0 Å². The van der Waals surface area contributed by atoms with E-state index in [9.17, 15) is 8.42 Å². The van der Waals surface area contributed by atoms with Gasteiger partial charge in [-0.05, 0) is 17.7 Å². The average molecular weight is 327 g/mol. The standard InChI is InChI=1S/C15H12Cl2O2S/c16-13-14(15(13,17)11-7-3-1-4-8-11)20(18,19)12-9-5-2-6-10-12/h1-10,13-14H. The zero-order chi connectivity index (χ0) is 14.4. The Hall–Kier alpha value is -1.03. The molecule has 1 aliphatic carbocycles. The molecule has 0 amide bonds. The van der Waals surface area contributed by atoms with Crippen LogP contribution in [0.4, 0.5) is 0 Å². The van der Waals surface area contributed by atoms with E-state index >= 15 is 0 Å². The monoisotopic (exact) mass is 326 g/mol. The molecule has 3 atom stereocenters. The van der Waals surface area contributed by atoms with E-state index in [0.29, 0.717) is 0 Å². The molecule has 3 rings (SSSR count). The molecule has 20 heavy (non-hydrogen) atoms. The molecule has 2 aromatic rings. The van der Waals surface area contributed by atoms with Gasteiger partial charge in [0, 0.05) is 0 Å². The quantitative estimate of drug-likeness (QED) is 0.808. The molecule has 1 saturated carbocycles. The minimum atomic E-state index is -3.53. The Balaban J connectivity index is 2.02. The lowest BCUT2D eigenvalue weighted by atomic mass is 10.1. The van der Waals surface area contributed by atoms with Gasteiger partial charge in [-0.1, -0.05) is 48.5 Å². The summed E-state index contributed by atoms with van der Waals surface area (Å²) in [6.45, 7) is 0. The molecule has 0 aliphatic heterocycles. The Kier molecular flexibility index (Phi) is 3.32. The predicted molar refractivity (Wildman–Crippen MR) is 81.0 cm³/mol. The lowest BCUT2D eigenvalue weighted by Gasteiger charge is -2.09. The smallest absolute Gasteiger partial charge is 0.184 e. The van der Waals surface area contributed by atoms with Crippen molar-refractivity contribution in [3.63, 3.8) is 0 Å². The Morgan fingerprint density at radius 2 is 1.40 bits per heavy atom. The maximum Gasteiger partial charge on any atom is 0.184 e. The topological polar surface area (TPSA) is 34.1 Å². The first-order valence-corrected chi connectivity index (χ1v) is 8.52. The highest BCUT2D eigenvalue weighted by molar-refractivity contribution is 7.92. The zero-order valence-corrected chi connectivity index (χ0v) is 12.7. The van der Waals surface area contributed by atoms with Gasteiger partial charge >= 0.3 is 0 Å². The second-order valence-electron chi connectivity index (χ2n) is 4.81. The van der Waals surface area contributed by atoms with Crippen LogP contribution in [0.5, 0.6) is 0 Å². The van der Waals surface area contributed by atoms with Crippen LogP contribution in [0.1, 0.15) is 5.56 Å². The predicted octanol–water partition coefficient (Wildman–Crippen LogP) is 3.58. The fraction of sp³-hybridized carbons (Fsp3) is 0.200. The van der Waals surface area contributed by atoms with Crippen LogP contribution < -0.4 is 0 Å². The first kappa shape index (κ1) is 13.9. The highest BCUT2D eigenvalue weighted by Gasteiger charge is 2.70. The van der Waals surface area contributed by atoms with Crippen molar-refractivity contribution in [1.29, 1.82) is 0 Å². The minimum Gasteiger partial charge on any atom is -0.223 e. The molecule has 104 valence electrons. The van der Waals surface area contributed by atoms with Crippen LogP contribution in [0, 0.1) is 0 Å². The summed E-state index contributed by atoms with van der Waals surface area (Å²) in [7, 11) is -3.53. The highest BCUT2D eigenvalue weighted by Crippen LogP contribution is 2.60. The second kappa shape index (κ2) is 4.76. The molecular formula is C15H12Cl2O2S. The van der Waals surface area contributed by atoms with Gasteiger partial charge in [0.05, 0.1) is 10.3 Å². The van der Waals surface area contributed by atoms with Crippen molar-refractivity contribution in [2.45, 2.75) is 20.4 Å². The molecule has 0 radical (unpaired) electrons. The third-order valence-electron chi connectivity index (χ3n) is 3.59. The van der Waals surface area contributed by atoms with E-state index in [2.05, 4.69) is 0 Å². The molecular weight excluding hydrogens is 315 g/mol. The number of hydrogen-bond donors (Lipinski definition) is 0. The molecule has 0 heterocycles. The lowest BCUT2D eigenvalue weighted by molar-refractivity contribution is 0.593. The summed E-state index contributed by atoms with van der Waals surface area (Å²) in [6.07, 6.45) is 0. The van der Waals surface area contributed by atoms with E-state index in [-0.39, 0.29) is 4.90 Å². The molecule has 2 aromatic carbocycles. The maximum absolute atomic E-state index is 12.6. The number of halogens is 2. The molecule has 0 N–H and O–H groups in total. The molecule has 5 heteroatoms. The van der Waals surface area contributed by atoms with E-state index in [0.717, 1.165) is 5.56 Å². The van der Waals surface area contributed by atoms with Crippen LogP contribution >= 0.6 is 23.2 Å². The molecule has 3 unspecified atom stereocenters. The van der Waals surface area contributed by atoms with Gasteiger partial charge in [0.1, 0.15) is 10.1 Å². The molecule has 1 fully saturated rings. The van der Waals surface area contributed by atoms with Gasteiger partial charge in [0.15, 0.2) is 9.84 Å².